The van der Waals surface area contributed by atoms with E-state index in [-0.39, 0.29) is 0 Å². The molecule has 2 aromatic carbocycles. The maximum atomic E-state index is 5.97. The second kappa shape index (κ2) is 6.55. The largest absolute Gasteiger partial charge is 0.343 e. The van der Waals surface area contributed by atoms with Crippen molar-refractivity contribution >= 4 is 22.5 Å². The highest BCUT2D eigenvalue weighted by molar-refractivity contribution is 6.30. The van der Waals surface area contributed by atoms with Gasteiger partial charge in [-0.2, -0.15) is 0 Å². The van der Waals surface area contributed by atoms with Gasteiger partial charge < -0.3 is 9.88 Å². The molecule has 0 saturated carbocycles. The van der Waals surface area contributed by atoms with E-state index in [4.69, 9.17) is 11.6 Å². The second-order valence-corrected chi connectivity index (χ2v) is 6.40. The third-order valence-corrected chi connectivity index (χ3v) is 4.09. The fourth-order valence-corrected chi connectivity index (χ4v) is 2.82. The molecule has 1 aromatic heterocycles. The van der Waals surface area contributed by atoms with E-state index < -0.39 is 0 Å². The van der Waals surface area contributed by atoms with E-state index in [1.807, 2.05) is 12.1 Å². The van der Waals surface area contributed by atoms with Crippen molar-refractivity contribution in [3.05, 3.63) is 70.9 Å². The van der Waals surface area contributed by atoms with Crippen LogP contribution in [0.3, 0.4) is 0 Å². The summed E-state index contributed by atoms with van der Waals surface area (Å²) >= 11 is 5.97. The standard InChI is InChI=1S/C19H21ClN2/c1-14(2)21-11-16-13-22(19-6-4-3-5-18(16)19)12-15-7-9-17(20)10-8-15/h3-10,13-14,21H,11-12H2,1-2H3. The first-order chi connectivity index (χ1) is 10.6. The number of para-hydroxylation sites is 1. The highest BCUT2D eigenvalue weighted by Gasteiger charge is 2.08. The molecule has 0 aliphatic rings. The fraction of sp³-hybridized carbons (Fsp3) is 0.263. The van der Waals surface area contributed by atoms with Crippen molar-refractivity contribution in [3.63, 3.8) is 0 Å². The van der Waals surface area contributed by atoms with Crippen LogP contribution in [0.1, 0.15) is 25.0 Å². The molecule has 0 bridgehead atoms. The molecule has 1 N–H and O–H groups in total. The summed E-state index contributed by atoms with van der Waals surface area (Å²) in [5.74, 6) is 0. The fourth-order valence-electron chi connectivity index (χ4n) is 2.70. The summed E-state index contributed by atoms with van der Waals surface area (Å²) < 4.78 is 2.32. The topological polar surface area (TPSA) is 17.0 Å². The van der Waals surface area contributed by atoms with E-state index in [9.17, 15) is 0 Å². The van der Waals surface area contributed by atoms with Crippen LogP contribution in [0.2, 0.25) is 5.02 Å². The Morgan fingerprint density at radius 2 is 1.77 bits per heavy atom. The van der Waals surface area contributed by atoms with E-state index in [0.29, 0.717) is 6.04 Å². The van der Waals surface area contributed by atoms with Crippen LogP contribution in [0.5, 0.6) is 0 Å². The molecule has 22 heavy (non-hydrogen) atoms. The van der Waals surface area contributed by atoms with Crippen LogP contribution in [0.25, 0.3) is 10.9 Å². The summed E-state index contributed by atoms with van der Waals surface area (Å²) in [5.41, 5.74) is 3.88. The van der Waals surface area contributed by atoms with E-state index in [0.717, 1.165) is 18.1 Å². The van der Waals surface area contributed by atoms with Crippen molar-refractivity contribution in [2.24, 2.45) is 0 Å². The summed E-state index contributed by atoms with van der Waals surface area (Å²) in [7, 11) is 0. The third-order valence-electron chi connectivity index (χ3n) is 3.84. The Kier molecular flexibility index (Phi) is 4.51. The number of halogens is 1. The summed E-state index contributed by atoms with van der Waals surface area (Å²) in [6.07, 6.45) is 2.26. The molecule has 114 valence electrons. The van der Waals surface area contributed by atoms with Crippen LogP contribution in [0.15, 0.2) is 54.7 Å². The van der Waals surface area contributed by atoms with E-state index in [1.165, 1.54) is 22.0 Å². The van der Waals surface area contributed by atoms with Crippen molar-refractivity contribution in [1.82, 2.24) is 9.88 Å². The predicted octanol–water partition coefficient (Wildman–Crippen LogP) is 4.84. The summed E-state index contributed by atoms with van der Waals surface area (Å²) in [6.45, 7) is 6.10. The van der Waals surface area contributed by atoms with Gasteiger partial charge in [0.25, 0.3) is 0 Å². The zero-order chi connectivity index (χ0) is 15.5. The number of rotatable bonds is 5. The van der Waals surface area contributed by atoms with Gasteiger partial charge in [-0.15, -0.1) is 0 Å². The predicted molar refractivity (Wildman–Crippen MR) is 94.5 cm³/mol. The number of hydrogen-bond acceptors (Lipinski definition) is 1. The Morgan fingerprint density at radius 3 is 2.50 bits per heavy atom. The van der Waals surface area contributed by atoms with Gasteiger partial charge in [-0.25, -0.2) is 0 Å². The third kappa shape index (κ3) is 3.34. The minimum Gasteiger partial charge on any atom is -0.343 e. The number of aromatic nitrogens is 1. The average molecular weight is 313 g/mol. The normalized spacial score (nSPS) is 11.5. The van der Waals surface area contributed by atoms with Gasteiger partial charge in [-0.1, -0.05) is 55.8 Å². The Morgan fingerprint density at radius 1 is 1.05 bits per heavy atom. The molecule has 0 fully saturated rings. The van der Waals surface area contributed by atoms with Gasteiger partial charge in [0, 0.05) is 41.3 Å². The minimum atomic E-state index is 0.485. The quantitative estimate of drug-likeness (QED) is 0.713. The van der Waals surface area contributed by atoms with Crippen LogP contribution in [0.4, 0.5) is 0 Å². The Balaban J connectivity index is 1.93. The molecule has 1 heterocycles. The summed E-state index contributed by atoms with van der Waals surface area (Å²) in [6, 6.07) is 17.1. The highest BCUT2D eigenvalue weighted by Crippen LogP contribution is 2.23. The van der Waals surface area contributed by atoms with Gasteiger partial charge >= 0.3 is 0 Å². The van der Waals surface area contributed by atoms with Gasteiger partial charge in [-0.05, 0) is 29.3 Å². The first-order valence-electron chi connectivity index (χ1n) is 7.68. The van der Waals surface area contributed by atoms with Crippen LogP contribution in [-0.4, -0.2) is 10.6 Å². The van der Waals surface area contributed by atoms with Gasteiger partial charge in [0.2, 0.25) is 0 Å². The van der Waals surface area contributed by atoms with E-state index in [2.05, 4.69) is 66.3 Å². The van der Waals surface area contributed by atoms with E-state index >= 15 is 0 Å². The van der Waals surface area contributed by atoms with Crippen LogP contribution in [-0.2, 0) is 13.1 Å². The van der Waals surface area contributed by atoms with Crippen molar-refractivity contribution in [2.75, 3.05) is 0 Å². The average Bonchev–Trinajstić information content (AvgIpc) is 2.86. The number of nitrogens with one attached hydrogen (secondary N) is 1. The zero-order valence-corrected chi connectivity index (χ0v) is 13.8. The van der Waals surface area contributed by atoms with Crippen molar-refractivity contribution in [3.8, 4) is 0 Å². The molecular weight excluding hydrogens is 292 g/mol. The lowest BCUT2D eigenvalue weighted by Gasteiger charge is -2.06. The summed E-state index contributed by atoms with van der Waals surface area (Å²) in [4.78, 5) is 0. The molecule has 0 atom stereocenters. The first kappa shape index (κ1) is 15.1. The monoisotopic (exact) mass is 312 g/mol. The maximum Gasteiger partial charge on any atom is 0.0486 e. The lowest BCUT2D eigenvalue weighted by Crippen LogP contribution is -2.21. The Bertz CT molecular complexity index is 757. The van der Waals surface area contributed by atoms with Crippen LogP contribution in [0, 0.1) is 0 Å². The van der Waals surface area contributed by atoms with Gasteiger partial charge in [-0.3, -0.25) is 0 Å². The zero-order valence-electron chi connectivity index (χ0n) is 13.0. The molecule has 0 spiro atoms. The van der Waals surface area contributed by atoms with E-state index in [1.54, 1.807) is 0 Å². The number of benzene rings is 2. The summed E-state index contributed by atoms with van der Waals surface area (Å²) in [5, 5.41) is 5.61. The van der Waals surface area contributed by atoms with Gasteiger partial charge in [0.05, 0.1) is 0 Å². The molecular formula is C19H21ClN2. The molecule has 3 aromatic rings. The number of hydrogen-bond donors (Lipinski definition) is 1. The molecule has 2 nitrogen and oxygen atoms in total. The number of fused-ring (bicyclic) bond motifs is 1. The van der Waals surface area contributed by atoms with Gasteiger partial charge in [0.15, 0.2) is 0 Å². The van der Waals surface area contributed by atoms with Crippen molar-refractivity contribution < 1.29 is 0 Å². The smallest absolute Gasteiger partial charge is 0.0486 e. The lowest BCUT2D eigenvalue weighted by molar-refractivity contribution is 0.589. The van der Waals surface area contributed by atoms with Crippen molar-refractivity contribution in [2.45, 2.75) is 33.0 Å². The van der Waals surface area contributed by atoms with Gasteiger partial charge in [0.1, 0.15) is 0 Å². The molecule has 0 unspecified atom stereocenters. The van der Waals surface area contributed by atoms with Crippen molar-refractivity contribution in [1.29, 1.82) is 0 Å². The molecule has 3 heteroatoms. The molecule has 0 amide bonds. The first-order valence-corrected chi connectivity index (χ1v) is 8.06. The molecule has 0 aliphatic carbocycles. The highest BCUT2D eigenvalue weighted by atomic mass is 35.5. The lowest BCUT2D eigenvalue weighted by atomic mass is 10.1. The Hall–Kier alpha value is -1.77. The molecule has 0 radical (unpaired) electrons. The number of nitrogens with zero attached hydrogens (tertiary/aromatic N) is 1. The Labute approximate surface area is 136 Å². The molecule has 0 saturated heterocycles. The molecule has 3 rings (SSSR count). The SMILES string of the molecule is CC(C)NCc1cn(Cc2ccc(Cl)cc2)c2ccccc12. The molecule has 0 aliphatic heterocycles. The van der Waals surface area contributed by atoms with Crippen LogP contribution < -0.4 is 5.32 Å². The minimum absolute atomic E-state index is 0.485. The maximum absolute atomic E-state index is 5.97. The van der Waals surface area contributed by atoms with Crippen LogP contribution >= 0.6 is 11.6 Å². The second-order valence-electron chi connectivity index (χ2n) is 5.96.